The number of halogens is 1. The van der Waals surface area contributed by atoms with Gasteiger partial charge in [0.1, 0.15) is 22.7 Å². The van der Waals surface area contributed by atoms with E-state index in [9.17, 15) is 19.1 Å². The number of carbonyl (C=O) groups is 1. The Morgan fingerprint density at radius 1 is 1.14 bits per heavy atom. The van der Waals surface area contributed by atoms with Gasteiger partial charge in [0, 0.05) is 38.8 Å². The number of amides is 1. The van der Waals surface area contributed by atoms with E-state index in [1.54, 1.807) is 48.4 Å². The first-order chi connectivity index (χ1) is 16.9. The van der Waals surface area contributed by atoms with Crippen molar-refractivity contribution in [2.24, 2.45) is 7.05 Å². The van der Waals surface area contributed by atoms with E-state index in [-0.39, 0.29) is 31.0 Å². The van der Waals surface area contributed by atoms with E-state index in [2.05, 4.69) is 15.3 Å². The quantitative estimate of drug-likeness (QED) is 0.316. The van der Waals surface area contributed by atoms with Gasteiger partial charge in [-0.2, -0.15) is 0 Å². The number of aliphatic hydroxyl groups is 1. The van der Waals surface area contributed by atoms with Crippen LogP contribution < -0.4 is 10.9 Å². The van der Waals surface area contributed by atoms with Gasteiger partial charge in [-0.1, -0.05) is 12.1 Å². The van der Waals surface area contributed by atoms with Gasteiger partial charge < -0.3 is 20.1 Å². The monoisotopic (exact) mass is 479 g/mol. The summed E-state index contributed by atoms with van der Waals surface area (Å²) in [6.45, 7) is 0.309. The van der Waals surface area contributed by atoms with Crippen LogP contribution in [0.2, 0.25) is 0 Å². The van der Waals surface area contributed by atoms with E-state index >= 15 is 0 Å². The molecule has 3 heterocycles. The molecule has 10 heteroatoms. The van der Waals surface area contributed by atoms with E-state index in [0.29, 0.717) is 30.6 Å². The normalized spacial score (nSPS) is 11.2. The van der Waals surface area contributed by atoms with E-state index in [0.717, 1.165) is 11.1 Å². The maximum Gasteiger partial charge on any atom is 0.268 e. The van der Waals surface area contributed by atoms with Crippen molar-refractivity contribution < 1.29 is 19.4 Å². The lowest BCUT2D eigenvalue weighted by molar-refractivity contribution is 0.0947. The molecule has 0 bridgehead atoms. The number of carbonyl (C=O) groups excluding carboxylic acids is 1. The zero-order valence-electron chi connectivity index (χ0n) is 19.2. The molecule has 0 fully saturated rings. The minimum atomic E-state index is -0.710. The van der Waals surface area contributed by atoms with Gasteiger partial charge in [-0.25, -0.2) is 9.37 Å². The van der Waals surface area contributed by atoms with Crippen LogP contribution in [0.25, 0.3) is 11.0 Å². The fraction of sp³-hybridized carbons (Fsp3) is 0.280. The van der Waals surface area contributed by atoms with Crippen molar-refractivity contribution in [1.82, 2.24) is 24.4 Å². The Labute approximate surface area is 200 Å². The molecule has 3 N–H and O–H groups in total. The number of hydrogen-bond donors (Lipinski definition) is 3. The number of rotatable bonds is 9. The highest BCUT2D eigenvalue weighted by Crippen LogP contribution is 2.26. The molecule has 0 unspecified atom stereocenters. The average Bonchev–Trinajstić information content (AvgIpc) is 3.25. The Bertz CT molecular complexity index is 1410. The van der Waals surface area contributed by atoms with Gasteiger partial charge in [0.15, 0.2) is 5.75 Å². The Hall–Kier alpha value is -4.05. The average molecular weight is 480 g/mol. The van der Waals surface area contributed by atoms with Gasteiger partial charge in [0.05, 0.1) is 12.1 Å². The molecule has 35 heavy (non-hydrogen) atoms. The number of aryl methyl sites for hydroxylation is 1. The molecule has 1 amide bonds. The fourth-order valence-electron chi connectivity index (χ4n) is 3.86. The molecule has 0 saturated heterocycles. The van der Waals surface area contributed by atoms with Crippen LogP contribution in [-0.2, 0) is 20.0 Å². The Morgan fingerprint density at radius 3 is 2.60 bits per heavy atom. The summed E-state index contributed by atoms with van der Waals surface area (Å²) in [5.41, 5.74) is 1.01. The number of nitrogens with zero attached hydrogens (tertiary/aromatic N) is 4. The number of imidazole rings is 1. The van der Waals surface area contributed by atoms with Crippen molar-refractivity contribution >= 4 is 16.9 Å². The minimum absolute atomic E-state index is 0.00224. The van der Waals surface area contributed by atoms with Crippen LogP contribution in [0.4, 0.5) is 4.39 Å². The summed E-state index contributed by atoms with van der Waals surface area (Å²) in [6.07, 6.45) is 6.39. The number of aromatic hydroxyl groups is 1. The minimum Gasteiger partial charge on any atom is -0.505 e. The first-order valence-corrected chi connectivity index (χ1v) is 11.2. The van der Waals surface area contributed by atoms with Crippen molar-refractivity contribution in [2.45, 2.75) is 25.8 Å². The SMILES string of the molecule is Cn1ccnc1Cn1c(=O)c(C(=O)NCCCCO)c(O)c2ncc(Cc3ccc(F)cc3)cc21. The first-order valence-electron chi connectivity index (χ1n) is 11.2. The van der Waals surface area contributed by atoms with Crippen LogP contribution in [0.3, 0.4) is 0 Å². The number of unbranched alkanes of at least 4 members (excludes halogenated alkanes) is 1. The van der Waals surface area contributed by atoms with Gasteiger partial charge >= 0.3 is 0 Å². The van der Waals surface area contributed by atoms with E-state index in [4.69, 9.17) is 5.11 Å². The van der Waals surface area contributed by atoms with Gasteiger partial charge in [0.25, 0.3) is 11.5 Å². The predicted octanol–water partition coefficient (Wildman–Crippen LogP) is 2.12. The largest absolute Gasteiger partial charge is 0.505 e. The Balaban J connectivity index is 1.80. The first kappa shape index (κ1) is 24.1. The molecule has 0 atom stereocenters. The Kier molecular flexibility index (Phi) is 7.21. The highest BCUT2D eigenvalue weighted by Gasteiger charge is 2.24. The molecule has 4 rings (SSSR count). The summed E-state index contributed by atoms with van der Waals surface area (Å²) in [5, 5.41) is 22.4. The third kappa shape index (κ3) is 5.22. The van der Waals surface area contributed by atoms with Crippen LogP contribution in [-0.4, -0.2) is 48.4 Å². The molecule has 9 nitrogen and oxygen atoms in total. The van der Waals surface area contributed by atoms with Crippen LogP contribution in [0.1, 0.15) is 40.2 Å². The molecular weight excluding hydrogens is 453 g/mol. The molecule has 0 aliphatic heterocycles. The summed E-state index contributed by atoms with van der Waals surface area (Å²) in [5.74, 6) is -0.953. The lowest BCUT2D eigenvalue weighted by Gasteiger charge is -2.15. The van der Waals surface area contributed by atoms with Gasteiger partial charge in [-0.05, 0) is 48.6 Å². The van der Waals surface area contributed by atoms with Crippen LogP contribution in [0.5, 0.6) is 5.75 Å². The molecule has 0 spiro atoms. The van der Waals surface area contributed by atoms with Crippen molar-refractivity contribution in [3.8, 4) is 5.75 Å². The third-order valence-corrected chi connectivity index (χ3v) is 5.77. The zero-order chi connectivity index (χ0) is 24.9. The van der Waals surface area contributed by atoms with Crippen molar-refractivity contribution in [1.29, 1.82) is 0 Å². The molecule has 0 saturated carbocycles. The molecule has 4 aromatic rings. The highest BCUT2D eigenvalue weighted by molar-refractivity contribution is 6.01. The van der Waals surface area contributed by atoms with E-state index in [1.807, 2.05) is 0 Å². The number of fused-ring (bicyclic) bond motifs is 1. The third-order valence-electron chi connectivity index (χ3n) is 5.77. The van der Waals surface area contributed by atoms with Crippen LogP contribution in [0, 0.1) is 5.82 Å². The van der Waals surface area contributed by atoms with Gasteiger partial charge in [0.2, 0.25) is 0 Å². The number of aromatic nitrogens is 4. The zero-order valence-corrected chi connectivity index (χ0v) is 19.2. The van der Waals surface area contributed by atoms with Crippen LogP contribution >= 0.6 is 0 Å². The molecule has 0 aliphatic rings. The van der Waals surface area contributed by atoms with Crippen molar-refractivity contribution in [3.63, 3.8) is 0 Å². The molecule has 182 valence electrons. The Morgan fingerprint density at radius 2 is 1.91 bits per heavy atom. The maximum absolute atomic E-state index is 13.5. The fourth-order valence-corrected chi connectivity index (χ4v) is 3.86. The summed E-state index contributed by atoms with van der Waals surface area (Å²) in [6, 6.07) is 7.82. The number of hydrogen-bond acceptors (Lipinski definition) is 6. The molecular formula is C25H26FN5O4. The standard InChI is InChI=1S/C25H26FN5O4/c1-30-10-9-27-20(30)15-31-19-13-17(12-16-4-6-18(26)7-5-16)14-29-22(19)23(33)21(25(31)35)24(34)28-8-2-3-11-32/h4-7,9-10,13-14,32-33H,2-3,8,11-12,15H2,1H3,(H,28,34). The summed E-state index contributed by atoms with van der Waals surface area (Å²) >= 11 is 0. The van der Waals surface area contributed by atoms with Crippen LogP contribution in [0.15, 0.2) is 53.7 Å². The summed E-state index contributed by atoms with van der Waals surface area (Å²) in [7, 11) is 1.79. The number of pyridine rings is 2. The van der Waals surface area contributed by atoms with Gasteiger partial charge in [-0.15, -0.1) is 0 Å². The predicted molar refractivity (Wildman–Crippen MR) is 128 cm³/mol. The lowest BCUT2D eigenvalue weighted by Crippen LogP contribution is -2.34. The van der Waals surface area contributed by atoms with Crippen molar-refractivity contribution in [2.75, 3.05) is 13.2 Å². The number of benzene rings is 1. The second-order valence-corrected chi connectivity index (χ2v) is 8.27. The van der Waals surface area contributed by atoms with E-state index in [1.165, 1.54) is 16.7 Å². The second-order valence-electron chi connectivity index (χ2n) is 8.27. The molecule has 1 aromatic carbocycles. The molecule has 0 radical (unpaired) electrons. The summed E-state index contributed by atoms with van der Waals surface area (Å²) in [4.78, 5) is 35.0. The molecule has 0 aliphatic carbocycles. The smallest absolute Gasteiger partial charge is 0.268 e. The second kappa shape index (κ2) is 10.5. The van der Waals surface area contributed by atoms with E-state index < -0.39 is 22.8 Å². The highest BCUT2D eigenvalue weighted by atomic mass is 19.1. The molecule has 3 aromatic heterocycles. The topological polar surface area (TPSA) is 122 Å². The number of aliphatic hydroxyl groups excluding tert-OH is 1. The maximum atomic E-state index is 13.5. The number of nitrogens with one attached hydrogen (secondary N) is 1. The lowest BCUT2D eigenvalue weighted by atomic mass is 10.1. The van der Waals surface area contributed by atoms with Crippen molar-refractivity contribution in [3.05, 3.63) is 87.6 Å². The summed E-state index contributed by atoms with van der Waals surface area (Å²) < 4.78 is 16.4. The van der Waals surface area contributed by atoms with Gasteiger partial charge in [-0.3, -0.25) is 19.1 Å².